The van der Waals surface area contributed by atoms with E-state index in [0.29, 0.717) is 51.3 Å². The smallest absolute Gasteiger partial charge is 0.510 e. The van der Waals surface area contributed by atoms with E-state index in [1.165, 1.54) is 0 Å². The van der Waals surface area contributed by atoms with Crippen molar-refractivity contribution >= 4 is 80.7 Å². The highest BCUT2D eigenvalue weighted by Crippen LogP contribution is 2.46. The van der Waals surface area contributed by atoms with E-state index in [0.717, 1.165) is 84.8 Å². The molecule has 304 valence electrons. The first-order chi connectivity index (χ1) is 26.1. The van der Waals surface area contributed by atoms with Crippen molar-refractivity contribution < 1.29 is 38.4 Å². The van der Waals surface area contributed by atoms with Gasteiger partial charge in [-0.15, -0.1) is 0 Å². The molecule has 2 spiro atoms. The minimum atomic E-state index is -0.738. The Morgan fingerprint density at radius 3 is 1.71 bits per heavy atom. The first-order valence-corrected chi connectivity index (χ1v) is 20.3. The molecule has 2 aromatic carbocycles. The van der Waals surface area contributed by atoms with Crippen LogP contribution in [0.1, 0.15) is 87.5 Å². The minimum absolute atomic E-state index is 0.105. The number of aliphatic hydroxyl groups is 1. The van der Waals surface area contributed by atoms with Crippen LogP contribution in [0, 0.1) is 13.8 Å². The maximum Gasteiger partial charge on any atom is 0.513 e. The highest BCUT2D eigenvalue weighted by Gasteiger charge is 2.48. The van der Waals surface area contributed by atoms with E-state index in [1.807, 2.05) is 26.0 Å². The number of methoxy groups -OCH3 is 2. The molecule has 2 saturated carbocycles. The molecule has 4 atom stereocenters. The van der Waals surface area contributed by atoms with Crippen molar-refractivity contribution in [1.29, 1.82) is 0 Å². The Balaban J connectivity index is 0.000000216. The van der Waals surface area contributed by atoms with Gasteiger partial charge in [-0.05, 0) is 114 Å². The van der Waals surface area contributed by atoms with Crippen molar-refractivity contribution in [1.82, 2.24) is 10.6 Å². The van der Waals surface area contributed by atoms with Gasteiger partial charge in [-0.25, -0.2) is 9.59 Å². The van der Waals surface area contributed by atoms with Crippen molar-refractivity contribution in [3.05, 3.63) is 78.1 Å². The zero-order chi connectivity index (χ0) is 40.5. The largest absolute Gasteiger partial charge is 0.513 e. The van der Waals surface area contributed by atoms with Crippen LogP contribution in [-0.4, -0.2) is 80.5 Å². The monoisotopic (exact) mass is 862 g/mol. The predicted molar refractivity (Wildman–Crippen MR) is 220 cm³/mol. The Hall–Kier alpha value is -2.25. The Morgan fingerprint density at radius 1 is 0.764 bits per heavy atom. The lowest BCUT2D eigenvalue weighted by Gasteiger charge is -2.38. The minimum Gasteiger partial charge on any atom is -0.510 e. The predicted octanol–water partition coefficient (Wildman–Crippen LogP) is 11.0. The van der Waals surface area contributed by atoms with Crippen LogP contribution in [0.15, 0.2) is 35.8 Å². The van der Waals surface area contributed by atoms with E-state index in [9.17, 15) is 14.7 Å². The van der Waals surface area contributed by atoms with E-state index in [1.54, 1.807) is 40.2 Å². The Morgan fingerprint density at radius 2 is 1.24 bits per heavy atom. The van der Waals surface area contributed by atoms with Crippen LogP contribution in [0.4, 0.5) is 9.59 Å². The van der Waals surface area contributed by atoms with E-state index in [2.05, 4.69) is 15.4 Å². The number of ether oxygens (including phenoxy) is 5. The van der Waals surface area contributed by atoms with Gasteiger partial charge < -0.3 is 39.4 Å². The van der Waals surface area contributed by atoms with Gasteiger partial charge in [0.2, 0.25) is 0 Å². The van der Waals surface area contributed by atoms with Crippen molar-refractivity contribution in [2.45, 2.75) is 102 Å². The molecule has 15 heteroatoms. The third-order valence-corrected chi connectivity index (χ3v) is 11.7. The molecular formula is C40H51Cl5N2O8. The fourth-order valence-corrected chi connectivity index (χ4v) is 9.62. The van der Waals surface area contributed by atoms with Gasteiger partial charge in [-0.3, -0.25) is 0 Å². The summed E-state index contributed by atoms with van der Waals surface area (Å²) in [4.78, 5) is 21.8. The van der Waals surface area contributed by atoms with Crippen LogP contribution in [-0.2, 0) is 23.7 Å². The molecule has 0 saturated heterocycles. The highest BCUT2D eigenvalue weighted by atomic mass is 35.5. The summed E-state index contributed by atoms with van der Waals surface area (Å²) in [5.74, 6) is 1.01. The number of rotatable bonds is 7. The molecule has 55 heavy (non-hydrogen) atoms. The van der Waals surface area contributed by atoms with Gasteiger partial charge in [0.1, 0.15) is 11.5 Å². The summed E-state index contributed by atoms with van der Waals surface area (Å²) in [6.45, 7) is 9.13. The molecule has 0 radical (unpaired) electrons. The maximum atomic E-state index is 12.2. The molecule has 10 nitrogen and oxygen atoms in total. The summed E-state index contributed by atoms with van der Waals surface area (Å²) in [5, 5.41) is 20.3. The molecule has 2 aromatic rings. The quantitative estimate of drug-likeness (QED) is 0.183. The molecule has 4 unspecified atom stereocenters. The molecule has 2 aliphatic carbocycles. The average Bonchev–Trinajstić information content (AvgIpc) is 3.60. The Bertz CT molecular complexity index is 1720. The lowest BCUT2D eigenvalue weighted by atomic mass is 9.78. The third kappa shape index (κ3) is 11.0. The molecule has 6 rings (SSSR count). The van der Waals surface area contributed by atoms with Gasteiger partial charge in [0.05, 0.1) is 36.5 Å². The second-order valence-corrected chi connectivity index (χ2v) is 16.0. The standard InChI is InChI=1S/C20H25Cl2NO4.C17H21Cl2NO2.C3H5ClO2/c1-4-26-19(24)27-18-15(17-12(2)8-13(21)9-16(17)22)11-23-20(18)7-5-6-14(10-20)25-3;1-10-6-11(18)7-14(19)15(10)13-9-20-17(16(13)21)5-3-4-12(8-17)22-2;1-2-6-3(4)5/h8-9,14,23H,4-7,10-11H2,1-3H3;6-7,12,20-21H,3-5,8-9H2,1-2H3;2H2,1H3. The van der Waals surface area contributed by atoms with E-state index in [4.69, 9.17) is 77.0 Å². The van der Waals surface area contributed by atoms with E-state index < -0.39 is 17.1 Å². The molecule has 3 N–H and O–H groups in total. The number of benzene rings is 2. The zero-order valence-electron chi connectivity index (χ0n) is 32.1. The fourth-order valence-electron chi connectivity index (χ4n) is 8.10. The molecule has 4 aliphatic rings. The van der Waals surface area contributed by atoms with Crippen LogP contribution in [0.2, 0.25) is 20.1 Å². The van der Waals surface area contributed by atoms with Gasteiger partial charge >= 0.3 is 11.6 Å². The third-order valence-electron chi connectivity index (χ3n) is 10.5. The summed E-state index contributed by atoms with van der Waals surface area (Å²) in [6, 6.07) is 7.19. The molecule has 2 aliphatic heterocycles. The lowest BCUT2D eigenvalue weighted by molar-refractivity contribution is 0.0219. The first kappa shape index (κ1) is 45.5. The van der Waals surface area contributed by atoms with Gasteiger partial charge in [0.15, 0.2) is 0 Å². The number of aryl methyl sites for hydroxylation is 2. The van der Waals surface area contributed by atoms with Gasteiger partial charge in [-0.1, -0.05) is 46.4 Å². The van der Waals surface area contributed by atoms with Crippen molar-refractivity contribution in [3.63, 3.8) is 0 Å². The normalized spacial score (nSPS) is 24.6. The highest BCUT2D eigenvalue weighted by molar-refractivity contribution is 6.61. The lowest BCUT2D eigenvalue weighted by Crippen LogP contribution is -2.49. The molecule has 0 amide bonds. The van der Waals surface area contributed by atoms with Crippen LogP contribution in [0.5, 0.6) is 0 Å². The van der Waals surface area contributed by atoms with Crippen LogP contribution in [0.3, 0.4) is 0 Å². The average molecular weight is 865 g/mol. The SMILES string of the molecule is CCOC(=O)Cl.CCOC(=O)OC1=C(c2c(C)cc(Cl)cc2Cl)CNC12CCCC(OC)C2.COC1CCCC2(C1)NCC(c1c(C)cc(Cl)cc1Cl)=C2O. The second-order valence-electron chi connectivity index (χ2n) is 14.0. The maximum absolute atomic E-state index is 12.2. The Kier molecular flexibility index (Phi) is 16.9. The molecule has 2 fully saturated rings. The van der Waals surface area contributed by atoms with E-state index in [-0.39, 0.29) is 24.4 Å². The molecule has 0 aromatic heterocycles. The number of hydrogen-bond donors (Lipinski definition) is 3. The van der Waals surface area contributed by atoms with Crippen molar-refractivity contribution in [2.75, 3.05) is 40.5 Å². The fraction of sp³-hybridized carbons (Fsp3) is 0.550. The summed E-state index contributed by atoms with van der Waals surface area (Å²) in [5.41, 5.74) is 3.85. The first-order valence-electron chi connectivity index (χ1n) is 18.4. The zero-order valence-corrected chi connectivity index (χ0v) is 35.9. The second kappa shape index (κ2) is 20.4. The van der Waals surface area contributed by atoms with E-state index >= 15 is 0 Å². The molecular weight excluding hydrogens is 814 g/mol. The summed E-state index contributed by atoms with van der Waals surface area (Å²) >= 11 is 29.8. The summed E-state index contributed by atoms with van der Waals surface area (Å²) in [7, 11) is 3.45. The topological polar surface area (TPSA) is 125 Å². The number of carbonyl (C=O) groups is 2. The number of nitrogens with one attached hydrogen (secondary N) is 2. The van der Waals surface area contributed by atoms with Crippen LogP contribution in [0.25, 0.3) is 11.1 Å². The summed E-state index contributed by atoms with van der Waals surface area (Å²) in [6.07, 6.45) is 6.94. The van der Waals surface area contributed by atoms with Gasteiger partial charge in [0, 0.05) is 81.3 Å². The Labute approximate surface area is 349 Å². The van der Waals surface area contributed by atoms with Gasteiger partial charge in [0.25, 0.3) is 0 Å². The molecule has 2 heterocycles. The van der Waals surface area contributed by atoms with Crippen molar-refractivity contribution in [3.8, 4) is 0 Å². The van der Waals surface area contributed by atoms with Crippen molar-refractivity contribution in [2.24, 2.45) is 0 Å². The number of aliphatic hydroxyl groups excluding tert-OH is 1. The molecule has 0 bridgehead atoms. The van der Waals surface area contributed by atoms with Gasteiger partial charge in [-0.2, -0.15) is 0 Å². The van der Waals surface area contributed by atoms with Crippen LogP contribution >= 0.6 is 58.0 Å². The number of hydrogen-bond acceptors (Lipinski definition) is 10. The number of halogens is 5. The van der Waals surface area contributed by atoms with Crippen LogP contribution < -0.4 is 10.6 Å². The number of carbonyl (C=O) groups excluding carboxylic acids is 2. The summed E-state index contributed by atoms with van der Waals surface area (Å²) < 4.78 is 26.1.